The normalized spacial score (nSPS) is 34.3. The second-order valence-electron chi connectivity index (χ2n) is 10.3. The Kier molecular flexibility index (Phi) is 6.08. The van der Waals surface area contributed by atoms with E-state index < -0.39 is 27.4 Å². The molecule has 8 heteroatoms. The van der Waals surface area contributed by atoms with Gasteiger partial charge in [0.05, 0.1) is 23.2 Å². The van der Waals surface area contributed by atoms with Gasteiger partial charge in [-0.25, -0.2) is 0 Å². The smallest absolute Gasteiger partial charge is 0.247 e. The third-order valence-corrected chi connectivity index (χ3v) is 9.65. The molecule has 186 valence electrons. The molecule has 0 radical (unpaired) electrons. The molecule has 0 aromatic heterocycles. The van der Waals surface area contributed by atoms with Crippen molar-refractivity contribution in [3.8, 4) is 0 Å². The van der Waals surface area contributed by atoms with Gasteiger partial charge in [0.2, 0.25) is 17.7 Å². The van der Waals surface area contributed by atoms with E-state index in [1.54, 1.807) is 16.7 Å². The van der Waals surface area contributed by atoms with Crippen molar-refractivity contribution >= 4 is 29.5 Å². The number of rotatable bonds is 5. The van der Waals surface area contributed by atoms with Gasteiger partial charge < -0.3 is 19.8 Å². The molecule has 4 aliphatic heterocycles. The van der Waals surface area contributed by atoms with E-state index in [1.165, 1.54) is 4.90 Å². The number of amides is 3. The molecule has 0 saturated carbocycles. The number of carbonyl (C=O) groups excluding carboxylic acids is 3. The average Bonchev–Trinajstić information content (AvgIpc) is 3.08. The molecule has 1 unspecified atom stereocenters. The summed E-state index contributed by atoms with van der Waals surface area (Å²) in [6.45, 7) is 7.22. The first-order chi connectivity index (χ1) is 16.7. The van der Waals surface area contributed by atoms with Crippen molar-refractivity contribution in [2.45, 2.75) is 48.9 Å². The van der Waals surface area contributed by atoms with E-state index in [0.717, 1.165) is 5.56 Å². The van der Waals surface area contributed by atoms with E-state index >= 15 is 0 Å². The molecular weight excluding hydrogens is 462 g/mol. The van der Waals surface area contributed by atoms with Gasteiger partial charge in [-0.05, 0) is 26.3 Å². The van der Waals surface area contributed by atoms with Crippen LogP contribution in [0.25, 0.3) is 0 Å². The second-order valence-corrected chi connectivity index (χ2v) is 12.1. The number of aliphatic hydroxyl groups is 1. The molecule has 5 atom stereocenters. The van der Waals surface area contributed by atoms with E-state index in [0.29, 0.717) is 19.6 Å². The number of fused-ring (bicyclic) bond motifs is 2. The minimum Gasteiger partial charge on any atom is -0.395 e. The summed E-state index contributed by atoms with van der Waals surface area (Å²) in [5, 5.41) is 9.78. The van der Waals surface area contributed by atoms with Crippen LogP contribution in [0.4, 0.5) is 0 Å². The molecule has 4 heterocycles. The van der Waals surface area contributed by atoms with Gasteiger partial charge in [0.1, 0.15) is 6.04 Å². The predicted molar refractivity (Wildman–Crippen MR) is 135 cm³/mol. The Morgan fingerprint density at radius 2 is 1.71 bits per heavy atom. The summed E-state index contributed by atoms with van der Waals surface area (Å²) in [5.41, 5.74) is 1.04. The number of aliphatic hydroxyl groups excluding tert-OH is 1. The average molecular weight is 496 g/mol. The van der Waals surface area contributed by atoms with Crippen LogP contribution in [0.1, 0.15) is 26.3 Å². The molecule has 5 rings (SSSR count). The zero-order valence-electron chi connectivity index (χ0n) is 20.5. The molecule has 1 spiro atoms. The van der Waals surface area contributed by atoms with Crippen LogP contribution in [0.5, 0.6) is 0 Å². The van der Waals surface area contributed by atoms with E-state index in [9.17, 15) is 19.5 Å². The summed E-state index contributed by atoms with van der Waals surface area (Å²) < 4.78 is -1.48. The molecule has 4 aliphatic rings. The topological polar surface area (TPSA) is 81.2 Å². The van der Waals surface area contributed by atoms with Gasteiger partial charge in [-0.3, -0.25) is 14.4 Å². The van der Waals surface area contributed by atoms with Crippen LogP contribution in [-0.4, -0.2) is 85.3 Å². The Labute approximate surface area is 210 Å². The summed E-state index contributed by atoms with van der Waals surface area (Å²) in [6, 6.07) is 9.09. The predicted octanol–water partition coefficient (Wildman–Crippen LogP) is 2.07. The van der Waals surface area contributed by atoms with E-state index in [2.05, 4.69) is 6.08 Å². The fourth-order valence-electron chi connectivity index (χ4n) is 6.35. The highest BCUT2D eigenvalue weighted by Crippen LogP contribution is 2.65. The Morgan fingerprint density at radius 1 is 1.00 bits per heavy atom. The van der Waals surface area contributed by atoms with Crippen LogP contribution in [0.3, 0.4) is 0 Å². The van der Waals surface area contributed by atoms with Crippen molar-refractivity contribution in [2.75, 3.05) is 26.2 Å². The maximum absolute atomic E-state index is 14.1. The Bertz CT molecular complexity index is 1090. The highest BCUT2D eigenvalue weighted by atomic mass is 32.2. The van der Waals surface area contributed by atoms with E-state index in [1.807, 2.05) is 74.2 Å². The lowest BCUT2D eigenvalue weighted by Gasteiger charge is -2.37. The van der Waals surface area contributed by atoms with Gasteiger partial charge in [0, 0.05) is 37.0 Å². The summed E-state index contributed by atoms with van der Waals surface area (Å²) in [4.78, 5) is 47.2. The minimum atomic E-state index is -0.859. The monoisotopic (exact) mass is 495 g/mol. The molecule has 35 heavy (non-hydrogen) atoms. The van der Waals surface area contributed by atoms with Crippen LogP contribution in [0.15, 0.2) is 54.6 Å². The first kappa shape index (κ1) is 24.1. The van der Waals surface area contributed by atoms with Crippen LogP contribution in [-0.2, 0) is 20.9 Å². The van der Waals surface area contributed by atoms with Crippen molar-refractivity contribution in [3.05, 3.63) is 60.2 Å². The lowest BCUT2D eigenvalue weighted by atomic mass is 9.74. The first-order valence-electron chi connectivity index (χ1n) is 12.3. The van der Waals surface area contributed by atoms with Crippen LogP contribution < -0.4 is 0 Å². The standard InChI is InChI=1S/C27H33N3O4S/c1-18(2)29-14-8-12-27-21(24(33)30(15-16-31)22(27)25(29)34)20-23(32)28(13-7-11-26(20,3)35-27)17-19-9-5-4-6-10-19/h4-12,18,20-22,31H,13-17H2,1-3H3/t20-,21+,22?,26+,27+/m1/s1. The molecule has 0 aliphatic carbocycles. The quantitative estimate of drug-likeness (QED) is 0.633. The number of carbonyl (C=O) groups is 3. The van der Waals surface area contributed by atoms with Crippen LogP contribution >= 0.6 is 11.8 Å². The summed E-state index contributed by atoms with van der Waals surface area (Å²) in [6.07, 6.45) is 8.10. The molecule has 1 N–H and O–H groups in total. The molecular formula is C27H33N3O4S. The van der Waals surface area contributed by atoms with Crippen molar-refractivity contribution in [1.82, 2.24) is 14.7 Å². The third kappa shape index (κ3) is 3.64. The summed E-state index contributed by atoms with van der Waals surface area (Å²) >= 11 is 1.58. The van der Waals surface area contributed by atoms with Gasteiger partial charge in [0.15, 0.2) is 0 Å². The van der Waals surface area contributed by atoms with Gasteiger partial charge in [-0.15, -0.1) is 11.8 Å². The van der Waals surface area contributed by atoms with Crippen molar-refractivity contribution < 1.29 is 19.5 Å². The number of nitrogens with zero attached hydrogens (tertiary/aromatic N) is 3. The molecule has 2 fully saturated rings. The molecule has 2 saturated heterocycles. The Hall–Kier alpha value is -2.58. The van der Waals surface area contributed by atoms with Crippen molar-refractivity contribution in [2.24, 2.45) is 11.8 Å². The summed E-state index contributed by atoms with van der Waals surface area (Å²) in [5.74, 6) is -1.65. The highest BCUT2D eigenvalue weighted by Gasteiger charge is 2.73. The number of thioether (sulfide) groups is 1. The fraction of sp³-hybridized carbons (Fsp3) is 0.519. The number of likely N-dealkylation sites (tertiary alicyclic amines) is 1. The zero-order chi connectivity index (χ0) is 25.0. The molecule has 1 aromatic carbocycles. The van der Waals surface area contributed by atoms with Gasteiger partial charge in [-0.2, -0.15) is 0 Å². The lowest BCUT2D eigenvalue weighted by Crippen LogP contribution is -2.55. The fourth-order valence-corrected chi connectivity index (χ4v) is 8.51. The number of hydrogen-bond donors (Lipinski definition) is 1. The molecule has 1 aromatic rings. The molecule has 3 amide bonds. The lowest BCUT2D eigenvalue weighted by molar-refractivity contribution is -0.145. The Morgan fingerprint density at radius 3 is 2.40 bits per heavy atom. The Balaban J connectivity index is 1.59. The van der Waals surface area contributed by atoms with E-state index in [-0.39, 0.29) is 36.9 Å². The maximum Gasteiger partial charge on any atom is 0.247 e. The zero-order valence-corrected chi connectivity index (χ0v) is 21.3. The van der Waals surface area contributed by atoms with Gasteiger partial charge in [-0.1, -0.05) is 54.6 Å². The van der Waals surface area contributed by atoms with Crippen molar-refractivity contribution in [1.29, 1.82) is 0 Å². The van der Waals surface area contributed by atoms with Crippen molar-refractivity contribution in [3.63, 3.8) is 0 Å². The van der Waals surface area contributed by atoms with Gasteiger partial charge in [0.25, 0.3) is 0 Å². The number of benzene rings is 1. The number of β-amino-alcohol motifs (C(OH)–C–C–N with tert-alkyl or cyclic N) is 1. The van der Waals surface area contributed by atoms with E-state index in [4.69, 9.17) is 0 Å². The number of hydrogen-bond acceptors (Lipinski definition) is 5. The molecule has 7 nitrogen and oxygen atoms in total. The SMILES string of the molecule is CC(C)N1CC=C[C@]23S[C@@]4(C)C=CCN(Cc5ccccc5)C(=O)[C@H]4[C@H]2C(=O)N(CCO)C3C1=O. The highest BCUT2D eigenvalue weighted by molar-refractivity contribution is 8.02. The minimum absolute atomic E-state index is 0.0252. The maximum atomic E-state index is 14.1. The first-order valence-corrected chi connectivity index (χ1v) is 13.2. The second kappa shape index (κ2) is 8.82. The third-order valence-electron chi connectivity index (χ3n) is 7.85. The summed E-state index contributed by atoms with van der Waals surface area (Å²) in [7, 11) is 0. The largest absolute Gasteiger partial charge is 0.395 e. The van der Waals surface area contributed by atoms with Gasteiger partial charge >= 0.3 is 0 Å². The van der Waals surface area contributed by atoms with Crippen LogP contribution in [0, 0.1) is 11.8 Å². The van der Waals surface area contributed by atoms with Crippen LogP contribution in [0.2, 0.25) is 0 Å². The molecule has 0 bridgehead atoms.